The summed E-state index contributed by atoms with van der Waals surface area (Å²) in [6.07, 6.45) is 0. The Labute approximate surface area is 127 Å². The summed E-state index contributed by atoms with van der Waals surface area (Å²) in [5.41, 5.74) is 6.79. The first-order chi connectivity index (χ1) is 10.1. The lowest BCUT2D eigenvalue weighted by atomic mass is 10.1. The van der Waals surface area contributed by atoms with Crippen LogP contribution in [0.25, 0.3) is 0 Å². The van der Waals surface area contributed by atoms with E-state index in [-0.39, 0.29) is 11.9 Å². The zero-order valence-corrected chi connectivity index (χ0v) is 13.1. The van der Waals surface area contributed by atoms with E-state index in [4.69, 9.17) is 5.73 Å². The zero-order valence-electron chi connectivity index (χ0n) is 13.1. The molecule has 0 aliphatic heterocycles. The van der Waals surface area contributed by atoms with E-state index in [1.807, 2.05) is 19.1 Å². The molecule has 0 bridgehead atoms. The predicted molar refractivity (Wildman–Crippen MR) is 87.1 cm³/mol. The van der Waals surface area contributed by atoms with Gasteiger partial charge >= 0.3 is 0 Å². The summed E-state index contributed by atoms with van der Waals surface area (Å²) in [7, 11) is 0. The molecule has 21 heavy (non-hydrogen) atoms. The molecule has 0 aliphatic rings. The van der Waals surface area contributed by atoms with Gasteiger partial charge in [0.15, 0.2) is 0 Å². The second kappa shape index (κ2) is 9.17. The molecule has 0 aromatic heterocycles. The number of benzene rings is 1. The molecule has 1 rings (SSSR count). The van der Waals surface area contributed by atoms with Crippen molar-refractivity contribution in [3.8, 4) is 11.8 Å². The van der Waals surface area contributed by atoms with E-state index < -0.39 is 0 Å². The molecule has 4 heteroatoms. The summed E-state index contributed by atoms with van der Waals surface area (Å²) in [4.78, 5) is 14.5. The van der Waals surface area contributed by atoms with Crippen LogP contribution in [0.5, 0.6) is 0 Å². The molecule has 114 valence electrons. The number of nitrogens with one attached hydrogen (secondary N) is 1. The van der Waals surface area contributed by atoms with E-state index in [0.717, 1.165) is 25.2 Å². The highest BCUT2D eigenvalue weighted by molar-refractivity contribution is 5.94. The normalized spacial score (nSPS) is 11.7. The Balaban J connectivity index is 2.66. The minimum atomic E-state index is -0.0638. The minimum Gasteiger partial charge on any atom is -0.348 e. The van der Waals surface area contributed by atoms with Crippen LogP contribution >= 0.6 is 0 Å². The van der Waals surface area contributed by atoms with Crippen molar-refractivity contribution in [1.29, 1.82) is 0 Å². The van der Waals surface area contributed by atoms with Crippen molar-refractivity contribution >= 4 is 5.91 Å². The fraction of sp³-hybridized carbons (Fsp3) is 0.471. The second-order valence-electron chi connectivity index (χ2n) is 4.95. The quantitative estimate of drug-likeness (QED) is 0.779. The molecule has 3 N–H and O–H groups in total. The van der Waals surface area contributed by atoms with Crippen molar-refractivity contribution in [3.05, 3.63) is 35.4 Å². The third-order valence-corrected chi connectivity index (χ3v) is 3.26. The molecule has 0 heterocycles. The van der Waals surface area contributed by atoms with Gasteiger partial charge in [-0.05, 0) is 38.2 Å². The number of carbonyl (C=O) groups excluding carboxylic acids is 1. The maximum atomic E-state index is 12.2. The summed E-state index contributed by atoms with van der Waals surface area (Å²) < 4.78 is 0. The van der Waals surface area contributed by atoms with Crippen LogP contribution < -0.4 is 11.1 Å². The topological polar surface area (TPSA) is 58.4 Å². The SMILES string of the molecule is CCN(CC)CC(C)NC(=O)c1cccc(C#CCN)c1. The highest BCUT2D eigenvalue weighted by Crippen LogP contribution is 2.05. The monoisotopic (exact) mass is 287 g/mol. The van der Waals surface area contributed by atoms with Crippen molar-refractivity contribution in [2.45, 2.75) is 26.8 Å². The molecule has 1 atom stereocenters. The standard InChI is InChI=1S/C17H25N3O/c1-4-20(5-2)13-14(3)19-17(21)16-10-6-8-15(12-16)9-7-11-18/h6,8,10,12,14H,4-5,11,13,18H2,1-3H3,(H,19,21). The fourth-order valence-electron chi connectivity index (χ4n) is 2.11. The van der Waals surface area contributed by atoms with Crippen molar-refractivity contribution in [3.63, 3.8) is 0 Å². The Bertz CT molecular complexity index is 512. The average molecular weight is 287 g/mol. The lowest BCUT2D eigenvalue weighted by Crippen LogP contribution is -2.41. The van der Waals surface area contributed by atoms with Crippen molar-refractivity contribution < 1.29 is 4.79 Å². The van der Waals surface area contributed by atoms with Gasteiger partial charge in [-0.15, -0.1) is 0 Å². The summed E-state index contributed by atoms with van der Waals surface area (Å²) in [5, 5.41) is 3.03. The second-order valence-corrected chi connectivity index (χ2v) is 4.95. The molecule has 0 aliphatic carbocycles. The number of amides is 1. The number of likely N-dealkylation sites (N-methyl/N-ethyl adjacent to an activating group) is 1. The summed E-state index contributed by atoms with van der Waals surface area (Å²) >= 11 is 0. The molecular weight excluding hydrogens is 262 g/mol. The number of nitrogens with zero attached hydrogens (tertiary/aromatic N) is 1. The Kier molecular flexibility index (Phi) is 7.52. The van der Waals surface area contributed by atoms with Gasteiger partial charge in [0.2, 0.25) is 0 Å². The highest BCUT2D eigenvalue weighted by atomic mass is 16.1. The van der Waals surface area contributed by atoms with Gasteiger partial charge in [-0.1, -0.05) is 31.8 Å². The summed E-state index contributed by atoms with van der Waals surface area (Å²) in [6, 6.07) is 7.41. The predicted octanol–water partition coefficient (Wildman–Crippen LogP) is 1.46. The Morgan fingerprint density at radius 2 is 2.10 bits per heavy atom. The van der Waals surface area contributed by atoms with Gasteiger partial charge in [0.05, 0.1) is 6.54 Å². The summed E-state index contributed by atoms with van der Waals surface area (Å²) in [5.74, 6) is 5.67. The van der Waals surface area contributed by atoms with Crippen LogP contribution in [-0.4, -0.2) is 43.0 Å². The largest absolute Gasteiger partial charge is 0.348 e. The van der Waals surface area contributed by atoms with Gasteiger partial charge in [0, 0.05) is 23.7 Å². The smallest absolute Gasteiger partial charge is 0.251 e. The van der Waals surface area contributed by atoms with E-state index in [1.165, 1.54) is 0 Å². The lowest BCUT2D eigenvalue weighted by molar-refractivity contribution is 0.0930. The van der Waals surface area contributed by atoms with Gasteiger partial charge < -0.3 is 16.0 Å². The fourth-order valence-corrected chi connectivity index (χ4v) is 2.11. The molecular formula is C17H25N3O. The molecule has 0 spiro atoms. The third kappa shape index (κ3) is 5.99. The molecule has 1 aromatic rings. The van der Waals surface area contributed by atoms with Crippen molar-refractivity contribution in [2.24, 2.45) is 5.73 Å². The number of rotatable bonds is 6. The Morgan fingerprint density at radius 1 is 1.38 bits per heavy atom. The maximum Gasteiger partial charge on any atom is 0.251 e. The van der Waals surface area contributed by atoms with Crippen LogP contribution in [0.2, 0.25) is 0 Å². The number of hydrogen-bond acceptors (Lipinski definition) is 3. The molecule has 1 aromatic carbocycles. The van der Waals surface area contributed by atoms with Crippen LogP contribution in [0.3, 0.4) is 0 Å². The zero-order chi connectivity index (χ0) is 15.7. The van der Waals surface area contributed by atoms with E-state index in [9.17, 15) is 4.79 Å². The third-order valence-electron chi connectivity index (χ3n) is 3.26. The van der Waals surface area contributed by atoms with E-state index in [2.05, 4.69) is 35.9 Å². The van der Waals surface area contributed by atoms with E-state index in [1.54, 1.807) is 12.1 Å². The lowest BCUT2D eigenvalue weighted by Gasteiger charge is -2.23. The molecule has 0 saturated heterocycles. The van der Waals surface area contributed by atoms with Gasteiger partial charge in [0.1, 0.15) is 0 Å². The van der Waals surface area contributed by atoms with E-state index >= 15 is 0 Å². The molecule has 0 fully saturated rings. The van der Waals surface area contributed by atoms with E-state index in [0.29, 0.717) is 12.1 Å². The Hall–Kier alpha value is -1.83. The van der Waals surface area contributed by atoms with Crippen LogP contribution in [-0.2, 0) is 0 Å². The van der Waals surface area contributed by atoms with Crippen molar-refractivity contribution in [2.75, 3.05) is 26.2 Å². The number of carbonyl (C=O) groups is 1. The van der Waals surface area contributed by atoms with Crippen LogP contribution in [0.4, 0.5) is 0 Å². The maximum absolute atomic E-state index is 12.2. The van der Waals surface area contributed by atoms with Crippen LogP contribution in [0.1, 0.15) is 36.7 Å². The number of nitrogens with two attached hydrogens (primary N) is 1. The molecule has 0 saturated carbocycles. The molecule has 1 amide bonds. The van der Waals surface area contributed by atoms with Crippen molar-refractivity contribution in [1.82, 2.24) is 10.2 Å². The summed E-state index contributed by atoms with van der Waals surface area (Å²) in [6.45, 7) is 9.41. The molecule has 1 unspecified atom stereocenters. The number of hydrogen-bond donors (Lipinski definition) is 2. The van der Waals surface area contributed by atoms with Gasteiger partial charge in [-0.3, -0.25) is 4.79 Å². The highest BCUT2D eigenvalue weighted by Gasteiger charge is 2.12. The van der Waals surface area contributed by atoms with Crippen LogP contribution in [0, 0.1) is 11.8 Å². The molecule has 0 radical (unpaired) electrons. The molecule has 4 nitrogen and oxygen atoms in total. The first kappa shape index (κ1) is 17.2. The minimum absolute atomic E-state index is 0.0638. The Morgan fingerprint density at radius 3 is 2.71 bits per heavy atom. The first-order valence-corrected chi connectivity index (χ1v) is 7.42. The van der Waals surface area contributed by atoms with Gasteiger partial charge in [-0.25, -0.2) is 0 Å². The van der Waals surface area contributed by atoms with Gasteiger partial charge in [0.25, 0.3) is 5.91 Å². The average Bonchev–Trinajstić information content (AvgIpc) is 2.50. The van der Waals surface area contributed by atoms with Crippen LogP contribution in [0.15, 0.2) is 24.3 Å². The van der Waals surface area contributed by atoms with Gasteiger partial charge in [-0.2, -0.15) is 0 Å². The first-order valence-electron chi connectivity index (χ1n) is 7.42.